The minimum absolute atomic E-state index is 0.234. The summed E-state index contributed by atoms with van der Waals surface area (Å²) in [5, 5.41) is 14.2. The summed E-state index contributed by atoms with van der Waals surface area (Å²) in [4.78, 5) is 69.6. The van der Waals surface area contributed by atoms with Crippen LogP contribution >= 0.6 is 0 Å². The first-order chi connectivity index (χ1) is 16.0. The molecule has 13 nitrogen and oxygen atoms in total. The van der Waals surface area contributed by atoms with Gasteiger partial charge in [0.05, 0.1) is 18.8 Å². The zero-order valence-electron chi connectivity index (χ0n) is 19.3. The lowest BCUT2D eigenvalue weighted by molar-refractivity contribution is -0.144. The van der Waals surface area contributed by atoms with Crippen LogP contribution in [0.2, 0.25) is 0 Å². The molecule has 4 amide bonds. The number of amides is 4. The summed E-state index contributed by atoms with van der Waals surface area (Å²) in [5.41, 5.74) is 11.8. The number of carbonyl (C=O) groups excluding carboxylic acids is 4. The van der Waals surface area contributed by atoms with Gasteiger partial charge in [-0.05, 0) is 18.8 Å². The number of rotatable bonds is 12. The fourth-order valence-electron chi connectivity index (χ4n) is 3.85. The van der Waals surface area contributed by atoms with Gasteiger partial charge in [0.1, 0.15) is 18.1 Å². The van der Waals surface area contributed by atoms with Gasteiger partial charge in [-0.2, -0.15) is 0 Å². The summed E-state index contributed by atoms with van der Waals surface area (Å²) in [6.45, 7) is 3.90. The summed E-state index contributed by atoms with van der Waals surface area (Å²) in [5.74, 6) is -4.31. The Morgan fingerprint density at radius 1 is 1.29 bits per heavy atom. The molecular weight excluding hydrogens is 446 g/mol. The van der Waals surface area contributed by atoms with Crippen molar-refractivity contribution in [3.05, 3.63) is 18.2 Å². The van der Waals surface area contributed by atoms with Crippen molar-refractivity contribution in [1.29, 1.82) is 0 Å². The molecule has 1 aliphatic rings. The summed E-state index contributed by atoms with van der Waals surface area (Å²) < 4.78 is 0. The number of hydrogen-bond donors (Lipinski definition) is 6. The Kier molecular flexibility index (Phi) is 9.54. The Hall–Kier alpha value is -3.48. The molecule has 5 atom stereocenters. The number of aromatic amines is 1. The number of nitrogens with one attached hydrogen (secondary N) is 3. The van der Waals surface area contributed by atoms with Crippen LogP contribution in [0.5, 0.6) is 0 Å². The van der Waals surface area contributed by atoms with E-state index in [-0.39, 0.29) is 18.2 Å². The number of hydrogen-bond acceptors (Lipinski definition) is 7. The highest BCUT2D eigenvalue weighted by molar-refractivity contribution is 5.95. The fraction of sp³-hybridized carbons (Fsp3) is 0.619. The van der Waals surface area contributed by atoms with Crippen LogP contribution in [-0.2, 0) is 30.4 Å². The quantitative estimate of drug-likeness (QED) is 0.202. The summed E-state index contributed by atoms with van der Waals surface area (Å²) in [6.07, 6.45) is 4.22. The van der Waals surface area contributed by atoms with Crippen LogP contribution in [0.1, 0.15) is 45.2 Å². The highest BCUT2D eigenvalue weighted by atomic mass is 16.4. The first-order valence-electron chi connectivity index (χ1n) is 11.2. The molecule has 8 N–H and O–H groups in total. The Balaban J connectivity index is 2.09. The van der Waals surface area contributed by atoms with Crippen LogP contribution in [0, 0.1) is 5.92 Å². The first-order valence-corrected chi connectivity index (χ1v) is 11.2. The van der Waals surface area contributed by atoms with Crippen LogP contribution in [0.25, 0.3) is 0 Å². The van der Waals surface area contributed by atoms with Gasteiger partial charge in [0.2, 0.25) is 23.6 Å². The van der Waals surface area contributed by atoms with Crippen molar-refractivity contribution in [3.63, 3.8) is 0 Å². The van der Waals surface area contributed by atoms with Crippen LogP contribution in [0.15, 0.2) is 12.5 Å². The van der Waals surface area contributed by atoms with Crippen molar-refractivity contribution in [2.45, 2.75) is 70.1 Å². The lowest BCUT2D eigenvalue weighted by Crippen LogP contribution is -2.58. The molecule has 0 aliphatic carbocycles. The number of nitrogens with two attached hydrogens (primary N) is 2. The van der Waals surface area contributed by atoms with Gasteiger partial charge in [0.25, 0.3) is 0 Å². The highest BCUT2D eigenvalue weighted by Gasteiger charge is 2.39. The van der Waals surface area contributed by atoms with Gasteiger partial charge in [0, 0.05) is 24.9 Å². The average molecular weight is 480 g/mol. The number of nitrogens with zero attached hydrogens (tertiary/aromatic N) is 2. The van der Waals surface area contributed by atoms with Crippen molar-refractivity contribution in [2.75, 3.05) is 6.54 Å². The summed E-state index contributed by atoms with van der Waals surface area (Å²) in [7, 11) is 0. The molecule has 1 aromatic heterocycles. The van der Waals surface area contributed by atoms with E-state index in [1.165, 1.54) is 11.2 Å². The van der Waals surface area contributed by atoms with Crippen molar-refractivity contribution < 1.29 is 29.1 Å². The Bertz CT molecular complexity index is 890. The minimum Gasteiger partial charge on any atom is -0.480 e. The van der Waals surface area contributed by atoms with E-state index in [1.807, 2.05) is 6.92 Å². The van der Waals surface area contributed by atoms with E-state index >= 15 is 0 Å². The number of carbonyl (C=O) groups is 5. The molecule has 1 saturated heterocycles. The SMILES string of the molecule is CCC(C)C(NC(=O)C1CCCN1C(=O)C(N)Cc1cnc[nH]1)C(=O)NC(CC(N)=O)C(=O)O. The van der Waals surface area contributed by atoms with E-state index in [2.05, 4.69) is 20.6 Å². The molecule has 2 rings (SSSR count). The lowest BCUT2D eigenvalue weighted by atomic mass is 9.97. The monoisotopic (exact) mass is 479 g/mol. The van der Waals surface area contributed by atoms with Crippen molar-refractivity contribution in [1.82, 2.24) is 25.5 Å². The fourth-order valence-corrected chi connectivity index (χ4v) is 3.85. The maximum Gasteiger partial charge on any atom is 0.326 e. The molecule has 5 unspecified atom stereocenters. The van der Waals surface area contributed by atoms with Gasteiger partial charge in [-0.15, -0.1) is 0 Å². The molecular formula is C21H33N7O6. The van der Waals surface area contributed by atoms with Gasteiger partial charge >= 0.3 is 5.97 Å². The Morgan fingerprint density at radius 2 is 2.00 bits per heavy atom. The van der Waals surface area contributed by atoms with E-state index in [0.29, 0.717) is 31.5 Å². The van der Waals surface area contributed by atoms with Crippen LogP contribution in [0.3, 0.4) is 0 Å². The third kappa shape index (κ3) is 7.01. The van der Waals surface area contributed by atoms with Gasteiger partial charge in [-0.25, -0.2) is 9.78 Å². The first kappa shape index (κ1) is 26.8. The molecule has 0 radical (unpaired) electrons. The van der Waals surface area contributed by atoms with E-state index in [0.717, 1.165) is 0 Å². The van der Waals surface area contributed by atoms with E-state index < -0.39 is 54.3 Å². The molecule has 13 heteroatoms. The third-order valence-electron chi connectivity index (χ3n) is 5.96. The standard InChI is InChI=1S/C21H33N7O6/c1-3-11(2)17(19(31)26-14(21(33)34)8-16(23)29)27-18(30)15-5-4-6-28(15)20(32)13(22)7-12-9-24-10-25-12/h9-11,13-15,17H,3-8,22H2,1-2H3,(H2,23,29)(H,24,25)(H,26,31)(H,27,30)(H,33,34). The molecule has 1 aromatic rings. The smallest absolute Gasteiger partial charge is 0.326 e. The lowest BCUT2D eigenvalue weighted by Gasteiger charge is -2.30. The van der Waals surface area contributed by atoms with E-state index in [1.54, 1.807) is 13.1 Å². The number of primary amides is 1. The normalized spacial score (nSPS) is 19.0. The van der Waals surface area contributed by atoms with Gasteiger partial charge in [0.15, 0.2) is 0 Å². The van der Waals surface area contributed by atoms with E-state index in [9.17, 15) is 29.1 Å². The van der Waals surface area contributed by atoms with Crippen molar-refractivity contribution in [2.24, 2.45) is 17.4 Å². The number of likely N-dealkylation sites (tertiary alicyclic amines) is 1. The molecule has 188 valence electrons. The number of H-pyrrole nitrogens is 1. The average Bonchev–Trinajstić information content (AvgIpc) is 3.47. The number of aromatic nitrogens is 2. The minimum atomic E-state index is -1.52. The molecule has 34 heavy (non-hydrogen) atoms. The molecule has 0 spiro atoms. The van der Waals surface area contributed by atoms with Crippen LogP contribution in [0.4, 0.5) is 0 Å². The second kappa shape index (κ2) is 12.1. The van der Waals surface area contributed by atoms with Crippen molar-refractivity contribution >= 4 is 29.6 Å². The maximum atomic E-state index is 13.1. The number of carboxylic acids is 1. The van der Waals surface area contributed by atoms with Gasteiger partial charge in [-0.1, -0.05) is 20.3 Å². The predicted molar refractivity (Wildman–Crippen MR) is 120 cm³/mol. The number of aliphatic carboxylic acids is 1. The van der Waals surface area contributed by atoms with Gasteiger partial charge < -0.3 is 37.1 Å². The Morgan fingerprint density at radius 3 is 2.56 bits per heavy atom. The largest absolute Gasteiger partial charge is 0.480 e. The van der Waals surface area contributed by atoms with E-state index in [4.69, 9.17) is 11.5 Å². The second-order valence-electron chi connectivity index (χ2n) is 8.52. The summed E-state index contributed by atoms with van der Waals surface area (Å²) in [6, 6.07) is -4.25. The molecule has 0 aromatic carbocycles. The topological polar surface area (TPSA) is 214 Å². The molecule has 1 aliphatic heterocycles. The predicted octanol–water partition coefficient (Wildman–Crippen LogP) is -1.75. The van der Waals surface area contributed by atoms with Gasteiger partial charge in [-0.3, -0.25) is 19.2 Å². The highest BCUT2D eigenvalue weighted by Crippen LogP contribution is 2.20. The number of imidazole rings is 1. The summed E-state index contributed by atoms with van der Waals surface area (Å²) >= 11 is 0. The van der Waals surface area contributed by atoms with Crippen molar-refractivity contribution in [3.8, 4) is 0 Å². The van der Waals surface area contributed by atoms with Crippen LogP contribution < -0.4 is 22.1 Å². The molecule has 0 saturated carbocycles. The second-order valence-corrected chi connectivity index (χ2v) is 8.52. The zero-order valence-corrected chi connectivity index (χ0v) is 19.3. The molecule has 1 fully saturated rings. The maximum absolute atomic E-state index is 13.1. The Labute approximate surface area is 197 Å². The molecule has 0 bridgehead atoms. The molecule has 2 heterocycles. The van der Waals surface area contributed by atoms with Crippen LogP contribution in [-0.4, -0.2) is 80.3 Å². The number of carboxylic acid groups (broad SMARTS) is 1. The zero-order chi connectivity index (χ0) is 25.4. The third-order valence-corrected chi connectivity index (χ3v) is 5.96.